The molecule has 2 atom stereocenters. The summed E-state index contributed by atoms with van der Waals surface area (Å²) in [5.74, 6) is 1.56. The predicted octanol–water partition coefficient (Wildman–Crippen LogP) is 6.39. The minimum atomic E-state index is -0.911. The van der Waals surface area contributed by atoms with Crippen LogP contribution in [-0.2, 0) is 19.9 Å². The average Bonchev–Trinajstić information content (AvgIpc) is 3.08. The first kappa shape index (κ1) is 33.7. The van der Waals surface area contributed by atoms with Gasteiger partial charge in [-0.3, -0.25) is 4.90 Å². The molecule has 0 aliphatic carbocycles. The third kappa shape index (κ3) is 9.14. The number of carbonyl (C=O) groups excluding carboxylic acids is 1. The fraction of sp³-hybridized carbons (Fsp3) is 0.486. The van der Waals surface area contributed by atoms with Gasteiger partial charge in [0.05, 0.1) is 39.6 Å². The van der Waals surface area contributed by atoms with Crippen molar-refractivity contribution < 1.29 is 28.8 Å². The second-order valence-electron chi connectivity index (χ2n) is 11.6. The molecule has 0 radical (unpaired) electrons. The molecule has 1 N–H and O–H groups in total. The van der Waals surface area contributed by atoms with Crippen molar-refractivity contribution in [2.24, 2.45) is 0 Å². The number of benzene rings is 3. The molecule has 0 amide bonds. The van der Waals surface area contributed by atoms with Crippen molar-refractivity contribution in [1.29, 1.82) is 0 Å². The molecular weight excluding hydrogens is 554 g/mol. The fourth-order valence-electron chi connectivity index (χ4n) is 6.12. The Labute approximate surface area is 263 Å². The molecule has 0 aromatic heterocycles. The van der Waals surface area contributed by atoms with Crippen LogP contribution in [0.25, 0.3) is 0 Å². The monoisotopic (exact) mass is 603 g/mol. The summed E-state index contributed by atoms with van der Waals surface area (Å²) in [5, 5.41) is 10.1. The smallest absolute Gasteiger partial charge is 0.143 e. The number of nitrogens with zero attached hydrogens (tertiary/aromatic N) is 1. The van der Waals surface area contributed by atoms with E-state index >= 15 is 0 Å². The van der Waals surface area contributed by atoms with Gasteiger partial charge in [-0.1, -0.05) is 86.7 Å². The molecule has 0 spiro atoms. The summed E-state index contributed by atoms with van der Waals surface area (Å²) in [4.78, 5) is 12.9. The largest absolute Gasteiger partial charge is 0.497 e. The molecule has 0 saturated carbocycles. The lowest BCUT2D eigenvalue weighted by molar-refractivity contribution is -0.142. The molecule has 3 aromatic rings. The van der Waals surface area contributed by atoms with E-state index in [1.54, 1.807) is 14.2 Å². The van der Waals surface area contributed by atoms with Gasteiger partial charge in [0.15, 0.2) is 0 Å². The standard InChI is InChI=1S/C37H49NO6/c1-41-33-20-16-31(17-21-33)37(30-14-10-9-11-15-30,32-18-22-34(42-2)23-19-32)43-29-36-27-38(26-35(28-40)44-36)24-12-7-5-3-4-6-8-13-25-39/h9-11,14-23,25,35-36,40H,3-8,12-13,24,26-29H2,1-2H3/t35?,36-/m0/s1. The van der Waals surface area contributed by atoms with Gasteiger partial charge in [0.25, 0.3) is 0 Å². The zero-order valence-electron chi connectivity index (χ0n) is 26.4. The second-order valence-corrected chi connectivity index (χ2v) is 11.6. The maximum atomic E-state index is 10.5. The first-order chi connectivity index (χ1) is 21.6. The lowest BCUT2D eigenvalue weighted by atomic mass is 9.80. The summed E-state index contributed by atoms with van der Waals surface area (Å²) in [6.45, 7) is 2.77. The summed E-state index contributed by atoms with van der Waals surface area (Å²) in [6, 6.07) is 26.4. The number of hydrogen-bond acceptors (Lipinski definition) is 7. The summed E-state index contributed by atoms with van der Waals surface area (Å²) < 4.78 is 24.4. The molecule has 44 heavy (non-hydrogen) atoms. The van der Waals surface area contributed by atoms with Crippen LogP contribution >= 0.6 is 0 Å². The number of methoxy groups -OCH3 is 2. The van der Waals surface area contributed by atoms with Crippen molar-refractivity contribution in [2.75, 3.05) is 47.1 Å². The van der Waals surface area contributed by atoms with E-state index in [1.165, 1.54) is 25.7 Å². The number of morpholine rings is 1. The Morgan fingerprint density at radius 2 is 1.27 bits per heavy atom. The number of aliphatic hydroxyl groups is 1. The van der Waals surface area contributed by atoms with Gasteiger partial charge in [-0.25, -0.2) is 0 Å². The maximum Gasteiger partial charge on any atom is 0.143 e. The van der Waals surface area contributed by atoms with Crippen LogP contribution in [0.3, 0.4) is 0 Å². The Balaban J connectivity index is 1.50. The highest BCUT2D eigenvalue weighted by Gasteiger charge is 2.39. The first-order valence-electron chi connectivity index (χ1n) is 16.0. The van der Waals surface area contributed by atoms with Crippen LogP contribution in [0.4, 0.5) is 0 Å². The summed E-state index contributed by atoms with van der Waals surface area (Å²) in [6.07, 6.45) is 9.32. The van der Waals surface area contributed by atoms with Crippen LogP contribution in [-0.4, -0.2) is 75.6 Å². The quantitative estimate of drug-likeness (QED) is 0.0966. The van der Waals surface area contributed by atoms with E-state index in [0.29, 0.717) is 13.0 Å². The summed E-state index contributed by atoms with van der Waals surface area (Å²) >= 11 is 0. The molecule has 7 heteroatoms. The highest BCUT2D eigenvalue weighted by atomic mass is 16.6. The van der Waals surface area contributed by atoms with Crippen molar-refractivity contribution in [1.82, 2.24) is 4.90 Å². The van der Waals surface area contributed by atoms with Gasteiger partial charge in [0, 0.05) is 19.5 Å². The molecule has 1 unspecified atom stereocenters. The van der Waals surface area contributed by atoms with Crippen LogP contribution in [0, 0.1) is 0 Å². The molecule has 0 bridgehead atoms. The number of carbonyl (C=O) groups is 1. The highest BCUT2D eigenvalue weighted by molar-refractivity contribution is 5.50. The van der Waals surface area contributed by atoms with Crippen molar-refractivity contribution in [3.63, 3.8) is 0 Å². The van der Waals surface area contributed by atoms with E-state index in [0.717, 1.165) is 73.4 Å². The topological polar surface area (TPSA) is 77.5 Å². The van der Waals surface area contributed by atoms with Gasteiger partial charge < -0.3 is 28.8 Å². The van der Waals surface area contributed by atoms with Crippen molar-refractivity contribution in [3.05, 3.63) is 95.6 Å². The van der Waals surface area contributed by atoms with E-state index in [1.807, 2.05) is 42.5 Å². The number of hydrogen-bond donors (Lipinski definition) is 1. The number of ether oxygens (including phenoxy) is 4. The van der Waals surface area contributed by atoms with Crippen LogP contribution < -0.4 is 9.47 Å². The number of aldehydes is 1. The van der Waals surface area contributed by atoms with E-state index in [9.17, 15) is 9.90 Å². The Morgan fingerprint density at radius 3 is 1.82 bits per heavy atom. The van der Waals surface area contributed by atoms with Crippen LogP contribution in [0.5, 0.6) is 11.5 Å². The minimum Gasteiger partial charge on any atom is -0.497 e. The van der Waals surface area contributed by atoms with E-state index in [4.69, 9.17) is 18.9 Å². The molecule has 4 rings (SSSR count). The Hall–Kier alpha value is -3.23. The molecule has 1 aliphatic rings. The third-order valence-corrected chi connectivity index (χ3v) is 8.47. The highest BCUT2D eigenvalue weighted by Crippen LogP contribution is 2.42. The van der Waals surface area contributed by atoms with Gasteiger partial charge in [-0.05, 0) is 60.3 Å². The Bertz CT molecular complexity index is 1170. The number of aliphatic hydroxyl groups excluding tert-OH is 1. The maximum absolute atomic E-state index is 10.5. The van der Waals surface area contributed by atoms with E-state index in [-0.39, 0.29) is 18.8 Å². The van der Waals surface area contributed by atoms with Crippen LogP contribution in [0.15, 0.2) is 78.9 Å². The fourth-order valence-corrected chi connectivity index (χ4v) is 6.12. The molecule has 1 saturated heterocycles. The van der Waals surface area contributed by atoms with Gasteiger partial charge in [0.1, 0.15) is 23.4 Å². The zero-order chi connectivity index (χ0) is 31.0. The molecule has 1 fully saturated rings. The zero-order valence-corrected chi connectivity index (χ0v) is 26.4. The number of unbranched alkanes of at least 4 members (excludes halogenated alkanes) is 7. The first-order valence-corrected chi connectivity index (χ1v) is 16.0. The third-order valence-electron chi connectivity index (χ3n) is 8.47. The predicted molar refractivity (Wildman–Crippen MR) is 173 cm³/mol. The molecule has 7 nitrogen and oxygen atoms in total. The average molecular weight is 604 g/mol. The number of rotatable bonds is 19. The van der Waals surface area contributed by atoms with Gasteiger partial charge in [-0.2, -0.15) is 0 Å². The Kier molecular flexibility index (Phi) is 13.7. The summed E-state index contributed by atoms with van der Waals surface area (Å²) in [7, 11) is 3.34. The molecule has 3 aromatic carbocycles. The van der Waals surface area contributed by atoms with Gasteiger partial charge in [0.2, 0.25) is 0 Å². The van der Waals surface area contributed by atoms with E-state index in [2.05, 4.69) is 41.3 Å². The summed E-state index contributed by atoms with van der Waals surface area (Å²) in [5.41, 5.74) is 2.05. The lowest BCUT2D eigenvalue weighted by Crippen LogP contribution is -2.51. The lowest BCUT2D eigenvalue weighted by Gasteiger charge is -2.41. The SMILES string of the molecule is COc1ccc(C(OC[C@@H]2CN(CCCCCCCCCC=O)CC(CO)O2)(c2ccccc2)c2ccc(OC)cc2)cc1. The molecule has 238 valence electrons. The Morgan fingerprint density at radius 1 is 0.750 bits per heavy atom. The minimum absolute atomic E-state index is 0.0193. The van der Waals surface area contributed by atoms with Crippen molar-refractivity contribution >= 4 is 6.29 Å². The van der Waals surface area contributed by atoms with Gasteiger partial charge >= 0.3 is 0 Å². The van der Waals surface area contributed by atoms with Gasteiger partial charge in [-0.15, -0.1) is 0 Å². The molecule has 1 aliphatic heterocycles. The van der Waals surface area contributed by atoms with E-state index < -0.39 is 5.60 Å². The normalized spacial score (nSPS) is 17.3. The molecule has 1 heterocycles. The van der Waals surface area contributed by atoms with Crippen molar-refractivity contribution in [3.8, 4) is 11.5 Å². The van der Waals surface area contributed by atoms with Crippen LogP contribution in [0.2, 0.25) is 0 Å². The second kappa shape index (κ2) is 17.9. The van der Waals surface area contributed by atoms with Crippen molar-refractivity contribution in [2.45, 2.75) is 69.2 Å². The molecular formula is C37H49NO6. The van der Waals surface area contributed by atoms with Crippen LogP contribution in [0.1, 0.15) is 68.1 Å².